The molecule has 2 N–H and O–H groups in total. The second-order valence-corrected chi connectivity index (χ2v) is 9.38. The monoisotopic (exact) mass is 464 g/mol. The van der Waals surface area contributed by atoms with E-state index in [1.807, 2.05) is 22.7 Å². The summed E-state index contributed by atoms with van der Waals surface area (Å²) >= 11 is 2.15. The average Bonchev–Trinajstić information content (AvgIpc) is 3.17. The Bertz CT molecular complexity index is 1170. The second kappa shape index (κ2) is 7.93. The molecule has 4 heterocycles. The maximum absolute atomic E-state index is 13.0. The van der Waals surface area contributed by atoms with E-state index < -0.39 is 12.2 Å². The fraction of sp³-hybridized carbons (Fsp3) is 0.368. The van der Waals surface area contributed by atoms with Gasteiger partial charge in [0.25, 0.3) is 6.43 Å². The maximum atomic E-state index is 13.0. The number of halogens is 2. The fourth-order valence-electron chi connectivity index (χ4n) is 3.34. The number of carbonyl (C=O) groups is 1. The number of aliphatic hydroxyl groups is 1. The first-order chi connectivity index (χ1) is 15.0. The molecule has 5 rings (SSSR count). The van der Waals surface area contributed by atoms with Crippen LogP contribution in [0.4, 0.5) is 8.78 Å². The summed E-state index contributed by atoms with van der Waals surface area (Å²) in [7, 11) is 0. The first kappa shape index (κ1) is 20.5. The van der Waals surface area contributed by atoms with Gasteiger partial charge in [-0.1, -0.05) is 17.4 Å². The first-order valence-corrected chi connectivity index (χ1v) is 11.3. The highest BCUT2D eigenvalue weighted by molar-refractivity contribution is 7.97. The first-order valence-electron chi connectivity index (χ1n) is 9.64. The van der Waals surface area contributed by atoms with Crippen LogP contribution in [-0.2, 0) is 4.79 Å². The van der Waals surface area contributed by atoms with Gasteiger partial charge in [0.2, 0.25) is 6.41 Å². The molecule has 0 bridgehead atoms. The van der Waals surface area contributed by atoms with E-state index in [1.54, 1.807) is 11.1 Å². The molecule has 2 aliphatic rings. The summed E-state index contributed by atoms with van der Waals surface area (Å²) in [4.78, 5) is 18.1. The molecular weight excluding hydrogens is 446 g/mol. The maximum Gasteiger partial charge on any atom is 0.291 e. The zero-order valence-corrected chi connectivity index (χ0v) is 17.8. The SMILES string of the molecule is O=CN1CC=C(c2cc(SNC3(O)CC3)cn3c(-c4nnc(C(F)F)s4)cnc23)CC1. The molecule has 0 unspecified atom stereocenters. The van der Waals surface area contributed by atoms with Crippen molar-refractivity contribution < 1.29 is 18.7 Å². The molecule has 1 aliphatic heterocycles. The molecule has 0 atom stereocenters. The summed E-state index contributed by atoms with van der Waals surface area (Å²) < 4.78 is 30.9. The van der Waals surface area contributed by atoms with Crippen LogP contribution in [0, 0.1) is 0 Å². The summed E-state index contributed by atoms with van der Waals surface area (Å²) in [5.74, 6) is 0. The lowest BCUT2D eigenvalue weighted by Gasteiger charge is -2.23. The topological polar surface area (TPSA) is 95.7 Å². The molecule has 3 aromatic rings. The van der Waals surface area contributed by atoms with Crippen LogP contribution in [0.25, 0.3) is 21.9 Å². The van der Waals surface area contributed by atoms with Gasteiger partial charge in [0.1, 0.15) is 17.1 Å². The molecule has 162 valence electrons. The number of nitrogens with one attached hydrogen (secondary N) is 1. The number of hydrogen-bond donors (Lipinski definition) is 2. The fourth-order valence-corrected chi connectivity index (χ4v) is 4.89. The minimum Gasteiger partial charge on any atom is -0.375 e. The van der Waals surface area contributed by atoms with Crippen molar-refractivity contribution in [1.82, 2.24) is 29.2 Å². The molecule has 1 amide bonds. The molecule has 0 spiro atoms. The Morgan fingerprint density at radius 2 is 2.19 bits per heavy atom. The van der Waals surface area contributed by atoms with Crippen molar-refractivity contribution in [3.8, 4) is 10.7 Å². The van der Waals surface area contributed by atoms with Crippen LogP contribution in [0.5, 0.6) is 0 Å². The second-order valence-electron chi connectivity index (χ2n) is 7.49. The van der Waals surface area contributed by atoms with Crippen LogP contribution in [0.3, 0.4) is 0 Å². The Labute approximate surface area is 184 Å². The van der Waals surface area contributed by atoms with E-state index >= 15 is 0 Å². The van der Waals surface area contributed by atoms with Crippen LogP contribution >= 0.6 is 23.3 Å². The van der Waals surface area contributed by atoms with Crippen LogP contribution in [-0.4, -0.2) is 54.8 Å². The van der Waals surface area contributed by atoms with Crippen molar-refractivity contribution in [2.75, 3.05) is 13.1 Å². The van der Waals surface area contributed by atoms with E-state index in [4.69, 9.17) is 0 Å². The number of alkyl halides is 2. The Morgan fingerprint density at radius 1 is 1.35 bits per heavy atom. The predicted molar refractivity (Wildman–Crippen MR) is 112 cm³/mol. The Kier molecular flexibility index (Phi) is 5.24. The van der Waals surface area contributed by atoms with E-state index in [0.29, 0.717) is 48.7 Å². The highest BCUT2D eigenvalue weighted by Gasteiger charge is 2.40. The molecule has 0 aromatic carbocycles. The van der Waals surface area contributed by atoms with Gasteiger partial charge in [-0.3, -0.25) is 9.20 Å². The van der Waals surface area contributed by atoms with Gasteiger partial charge >= 0.3 is 0 Å². The largest absolute Gasteiger partial charge is 0.375 e. The van der Waals surface area contributed by atoms with Crippen molar-refractivity contribution in [3.63, 3.8) is 0 Å². The summed E-state index contributed by atoms with van der Waals surface area (Å²) in [5.41, 5.74) is 2.34. The van der Waals surface area contributed by atoms with E-state index in [0.717, 1.165) is 33.8 Å². The molecule has 3 aromatic heterocycles. The highest BCUT2D eigenvalue weighted by Crippen LogP contribution is 2.37. The van der Waals surface area contributed by atoms with Gasteiger partial charge in [0.15, 0.2) is 10.0 Å². The van der Waals surface area contributed by atoms with Crippen molar-refractivity contribution in [3.05, 3.63) is 35.1 Å². The van der Waals surface area contributed by atoms with E-state index in [1.165, 1.54) is 11.9 Å². The van der Waals surface area contributed by atoms with E-state index in [9.17, 15) is 18.7 Å². The van der Waals surface area contributed by atoms with Crippen molar-refractivity contribution in [2.45, 2.75) is 36.3 Å². The van der Waals surface area contributed by atoms with Gasteiger partial charge in [-0.25, -0.2) is 18.5 Å². The van der Waals surface area contributed by atoms with Gasteiger partial charge in [-0.15, -0.1) is 10.2 Å². The number of rotatable bonds is 7. The number of hydrogen-bond acceptors (Lipinski definition) is 8. The lowest BCUT2D eigenvalue weighted by atomic mass is 10.0. The highest BCUT2D eigenvalue weighted by atomic mass is 32.2. The summed E-state index contributed by atoms with van der Waals surface area (Å²) in [6.07, 6.45) is 5.66. The third-order valence-corrected chi connectivity index (χ3v) is 7.14. The van der Waals surface area contributed by atoms with Gasteiger partial charge < -0.3 is 10.0 Å². The smallest absolute Gasteiger partial charge is 0.291 e. The van der Waals surface area contributed by atoms with Crippen LogP contribution in [0.1, 0.15) is 36.3 Å². The molecule has 1 fully saturated rings. The minimum absolute atomic E-state index is 0.336. The number of fused-ring (bicyclic) bond motifs is 1. The third-order valence-electron chi connectivity index (χ3n) is 5.25. The number of pyridine rings is 1. The third kappa shape index (κ3) is 4.07. The van der Waals surface area contributed by atoms with Gasteiger partial charge in [-0.2, -0.15) is 0 Å². The standard InChI is InChI=1S/C19H18F2N6O2S2/c20-15(21)18-24-23-17(30-18)14-8-22-16-13(11-1-5-26(10-28)6-2-11)7-12(9-27(14)16)31-25-19(29)3-4-19/h1,7-10,15,25,29H,2-6H2. The normalized spacial score (nSPS) is 17.9. The summed E-state index contributed by atoms with van der Waals surface area (Å²) in [6.45, 7) is 1.13. The zero-order valence-electron chi connectivity index (χ0n) is 16.2. The summed E-state index contributed by atoms with van der Waals surface area (Å²) in [5, 5.41) is 17.7. The van der Waals surface area contributed by atoms with Crippen LogP contribution in [0.15, 0.2) is 29.4 Å². The van der Waals surface area contributed by atoms with Crippen molar-refractivity contribution in [2.24, 2.45) is 0 Å². The van der Waals surface area contributed by atoms with Gasteiger partial charge in [0, 0.05) is 29.7 Å². The quantitative estimate of drug-likeness (QED) is 0.315. The average molecular weight is 465 g/mol. The number of aromatic nitrogens is 4. The molecule has 0 saturated heterocycles. The Morgan fingerprint density at radius 3 is 2.84 bits per heavy atom. The lowest BCUT2D eigenvalue weighted by molar-refractivity contribution is -0.117. The minimum atomic E-state index is -2.68. The number of nitrogens with zero attached hydrogens (tertiary/aromatic N) is 5. The lowest BCUT2D eigenvalue weighted by Crippen LogP contribution is -2.27. The van der Waals surface area contributed by atoms with Crippen molar-refractivity contribution in [1.29, 1.82) is 0 Å². The van der Waals surface area contributed by atoms with E-state index in [2.05, 4.69) is 19.9 Å². The molecule has 0 radical (unpaired) electrons. The Balaban J connectivity index is 1.58. The predicted octanol–water partition coefficient (Wildman–Crippen LogP) is 3.12. The molecule has 12 heteroatoms. The number of imidazole rings is 1. The zero-order chi connectivity index (χ0) is 21.6. The van der Waals surface area contributed by atoms with Crippen molar-refractivity contribution >= 4 is 40.9 Å². The number of carbonyl (C=O) groups excluding carboxylic acids is 1. The van der Waals surface area contributed by atoms with E-state index in [-0.39, 0.29) is 5.01 Å². The van der Waals surface area contributed by atoms with Gasteiger partial charge in [0.05, 0.1) is 6.20 Å². The molecule has 31 heavy (non-hydrogen) atoms. The van der Waals surface area contributed by atoms with Gasteiger partial charge in [-0.05, 0) is 42.8 Å². The molecule has 1 saturated carbocycles. The molecular formula is C19H18F2N6O2S2. The number of amides is 1. The van der Waals surface area contributed by atoms with Crippen LogP contribution in [0.2, 0.25) is 0 Å². The summed E-state index contributed by atoms with van der Waals surface area (Å²) in [6, 6.07) is 1.99. The van der Waals surface area contributed by atoms with Crippen LogP contribution < -0.4 is 4.72 Å². The molecule has 1 aliphatic carbocycles. The molecule has 8 nitrogen and oxygen atoms in total. The Hall–Kier alpha value is -2.41.